The summed E-state index contributed by atoms with van der Waals surface area (Å²) in [5.74, 6) is 1.04. The van der Waals surface area contributed by atoms with Gasteiger partial charge in [0.15, 0.2) is 11.6 Å². The summed E-state index contributed by atoms with van der Waals surface area (Å²) in [5, 5.41) is 31.0. The summed E-state index contributed by atoms with van der Waals surface area (Å²) < 4.78 is 27.6. The molecule has 13 heteroatoms. The Morgan fingerprint density at radius 3 is 2.62 bits per heavy atom. The van der Waals surface area contributed by atoms with Crippen molar-refractivity contribution >= 4 is 44.8 Å². The lowest BCUT2D eigenvalue weighted by Crippen LogP contribution is -2.34. The highest BCUT2D eigenvalue weighted by Crippen LogP contribution is 2.47. The molecule has 3 aromatic heterocycles. The fourth-order valence-electron chi connectivity index (χ4n) is 5.30. The monoisotopic (exact) mass is 600 g/mol. The molecule has 2 saturated carbocycles. The number of aliphatic hydroxyl groups is 1. The number of aromatic nitrogens is 6. The normalized spacial score (nSPS) is 21.4. The molecule has 0 aliphatic heterocycles. The molecule has 0 spiro atoms. The van der Waals surface area contributed by atoms with E-state index in [0.717, 1.165) is 24.2 Å². The highest BCUT2D eigenvalue weighted by Gasteiger charge is 2.39. The highest BCUT2D eigenvalue weighted by atomic mass is 35.5. The molecule has 2 aromatic carbocycles. The largest absolute Gasteiger partial charge is 0.383 e. The van der Waals surface area contributed by atoms with E-state index in [4.69, 9.17) is 32.5 Å². The number of tetrazole rings is 1. The standard InChI is InChI=1S/C27H23Cl2FN6O3S/c28-17-2-1-3-18(29)21(17)22-16(24(39-34-22)13-4-5-13)12-38-15-6-8-27(37,9-7-15)26-31-23-19(30)10-14(11-20(23)40-26)25-32-35-36-33-25/h1-3,10-11,13,15,37H,4-9,12H2,(H,32,33,35,36). The first kappa shape index (κ1) is 26.0. The maximum absolute atomic E-state index is 14.9. The quantitative estimate of drug-likeness (QED) is 0.209. The third-order valence-electron chi connectivity index (χ3n) is 7.65. The van der Waals surface area contributed by atoms with E-state index in [0.29, 0.717) is 80.6 Å². The molecular weight excluding hydrogens is 578 g/mol. The van der Waals surface area contributed by atoms with Gasteiger partial charge >= 0.3 is 0 Å². The van der Waals surface area contributed by atoms with Crippen molar-refractivity contribution < 1.29 is 18.8 Å². The van der Waals surface area contributed by atoms with Gasteiger partial charge in [-0.15, -0.1) is 16.4 Å². The molecule has 3 heterocycles. The van der Waals surface area contributed by atoms with Gasteiger partial charge in [-0.25, -0.2) is 14.5 Å². The van der Waals surface area contributed by atoms with Crippen LogP contribution in [0.5, 0.6) is 0 Å². The minimum absolute atomic E-state index is 0.0755. The van der Waals surface area contributed by atoms with Gasteiger partial charge < -0.3 is 14.4 Å². The zero-order valence-corrected chi connectivity index (χ0v) is 23.4. The van der Waals surface area contributed by atoms with Crippen LogP contribution in [0.2, 0.25) is 10.0 Å². The number of benzene rings is 2. The molecule has 0 atom stereocenters. The maximum Gasteiger partial charge on any atom is 0.179 e. The molecule has 0 bridgehead atoms. The number of fused-ring (bicyclic) bond motifs is 1. The average Bonchev–Trinajstić information content (AvgIpc) is 3.31. The van der Waals surface area contributed by atoms with E-state index < -0.39 is 11.4 Å². The van der Waals surface area contributed by atoms with Crippen molar-refractivity contribution in [3.63, 3.8) is 0 Å². The van der Waals surface area contributed by atoms with Crippen LogP contribution in [-0.2, 0) is 16.9 Å². The Kier molecular flexibility index (Phi) is 6.59. The van der Waals surface area contributed by atoms with Gasteiger partial charge in [-0.05, 0) is 73.2 Å². The van der Waals surface area contributed by atoms with Crippen molar-refractivity contribution in [2.45, 2.75) is 62.8 Å². The van der Waals surface area contributed by atoms with Gasteiger partial charge in [0.2, 0.25) is 0 Å². The maximum atomic E-state index is 14.9. The Bertz CT molecular complexity index is 1680. The van der Waals surface area contributed by atoms with E-state index in [1.807, 2.05) is 0 Å². The van der Waals surface area contributed by atoms with Crippen LogP contribution in [0.3, 0.4) is 0 Å². The molecule has 0 saturated heterocycles. The minimum Gasteiger partial charge on any atom is -0.383 e. The van der Waals surface area contributed by atoms with Gasteiger partial charge in [0.25, 0.3) is 0 Å². The van der Waals surface area contributed by atoms with Gasteiger partial charge in [-0.3, -0.25) is 0 Å². The van der Waals surface area contributed by atoms with Crippen LogP contribution < -0.4 is 0 Å². The molecule has 5 aromatic rings. The Labute approximate surface area is 241 Å². The SMILES string of the molecule is OC1(c2nc3c(F)cc(-c4nnn[nH]4)cc3s2)CCC(OCc2c(-c3c(Cl)cccc3Cl)noc2C2CC2)CC1. The van der Waals surface area contributed by atoms with Crippen molar-refractivity contribution in [1.82, 2.24) is 30.8 Å². The zero-order chi connectivity index (χ0) is 27.4. The second-order valence-electron chi connectivity index (χ2n) is 10.4. The van der Waals surface area contributed by atoms with E-state index in [1.165, 1.54) is 17.4 Å². The first-order valence-electron chi connectivity index (χ1n) is 13.0. The third-order valence-corrected chi connectivity index (χ3v) is 9.48. The van der Waals surface area contributed by atoms with Gasteiger partial charge in [0.1, 0.15) is 27.6 Å². The summed E-state index contributed by atoms with van der Waals surface area (Å²) in [7, 11) is 0. The molecule has 7 rings (SSSR count). The molecule has 0 unspecified atom stereocenters. The number of rotatable bonds is 7. The summed E-state index contributed by atoms with van der Waals surface area (Å²) in [4.78, 5) is 4.49. The number of ether oxygens (including phenoxy) is 1. The summed E-state index contributed by atoms with van der Waals surface area (Å²) in [6.07, 6.45) is 4.16. The fraction of sp³-hybridized carbons (Fsp3) is 0.370. The van der Waals surface area contributed by atoms with E-state index in [1.54, 1.807) is 24.3 Å². The Balaban J connectivity index is 1.07. The van der Waals surface area contributed by atoms with Crippen molar-refractivity contribution in [1.29, 1.82) is 0 Å². The lowest BCUT2D eigenvalue weighted by Gasteiger charge is -2.34. The van der Waals surface area contributed by atoms with E-state index in [-0.39, 0.29) is 11.6 Å². The molecule has 206 valence electrons. The fourth-order valence-corrected chi connectivity index (χ4v) is 7.05. The lowest BCUT2D eigenvalue weighted by atomic mass is 9.83. The number of nitrogens with zero attached hydrogens (tertiary/aromatic N) is 5. The number of H-pyrrole nitrogens is 1. The highest BCUT2D eigenvalue weighted by molar-refractivity contribution is 7.18. The summed E-state index contributed by atoms with van der Waals surface area (Å²) in [6, 6.07) is 8.47. The number of nitrogens with one attached hydrogen (secondary N) is 1. The summed E-state index contributed by atoms with van der Waals surface area (Å²) in [6.45, 7) is 0.306. The van der Waals surface area contributed by atoms with Crippen LogP contribution in [0.1, 0.15) is 60.8 Å². The van der Waals surface area contributed by atoms with Gasteiger partial charge in [0, 0.05) is 22.6 Å². The second-order valence-corrected chi connectivity index (χ2v) is 12.2. The molecule has 2 fully saturated rings. The van der Waals surface area contributed by atoms with Crippen LogP contribution in [0.15, 0.2) is 34.9 Å². The predicted molar refractivity (Wildman–Crippen MR) is 148 cm³/mol. The number of aromatic amines is 1. The number of thiazole rings is 1. The van der Waals surface area contributed by atoms with E-state index >= 15 is 0 Å². The molecule has 2 N–H and O–H groups in total. The van der Waals surface area contributed by atoms with Gasteiger partial charge in [0.05, 0.1) is 27.5 Å². The number of hydrogen-bond donors (Lipinski definition) is 2. The Morgan fingerprint density at radius 2 is 1.93 bits per heavy atom. The van der Waals surface area contributed by atoms with Crippen molar-refractivity contribution in [3.8, 4) is 22.6 Å². The number of halogens is 3. The number of hydrogen-bond acceptors (Lipinski definition) is 9. The third kappa shape index (κ3) is 4.69. The Hall–Kier alpha value is -2.96. The van der Waals surface area contributed by atoms with E-state index in [9.17, 15) is 9.50 Å². The van der Waals surface area contributed by atoms with Crippen molar-refractivity contribution in [2.75, 3.05) is 0 Å². The van der Waals surface area contributed by atoms with Crippen molar-refractivity contribution in [3.05, 3.63) is 62.5 Å². The van der Waals surface area contributed by atoms with Crippen LogP contribution in [0.25, 0.3) is 32.9 Å². The Morgan fingerprint density at radius 1 is 1.15 bits per heavy atom. The molecule has 40 heavy (non-hydrogen) atoms. The molecule has 9 nitrogen and oxygen atoms in total. The zero-order valence-electron chi connectivity index (χ0n) is 21.0. The van der Waals surface area contributed by atoms with Crippen LogP contribution >= 0.6 is 34.5 Å². The van der Waals surface area contributed by atoms with E-state index in [2.05, 4.69) is 30.8 Å². The first-order valence-corrected chi connectivity index (χ1v) is 14.6. The predicted octanol–water partition coefficient (Wildman–Crippen LogP) is 6.80. The van der Waals surface area contributed by atoms with Gasteiger partial charge in [-0.1, -0.05) is 34.4 Å². The van der Waals surface area contributed by atoms with Crippen LogP contribution in [-0.4, -0.2) is 42.0 Å². The lowest BCUT2D eigenvalue weighted by molar-refractivity contribution is -0.0641. The average molecular weight is 601 g/mol. The molecule has 2 aliphatic carbocycles. The summed E-state index contributed by atoms with van der Waals surface area (Å²) >= 11 is 14.2. The van der Waals surface area contributed by atoms with Gasteiger partial charge in [-0.2, -0.15) is 0 Å². The molecule has 0 radical (unpaired) electrons. The molecule has 2 aliphatic rings. The smallest absolute Gasteiger partial charge is 0.179 e. The van der Waals surface area contributed by atoms with Crippen LogP contribution in [0.4, 0.5) is 4.39 Å². The minimum atomic E-state index is -1.16. The van der Waals surface area contributed by atoms with Crippen molar-refractivity contribution in [2.24, 2.45) is 0 Å². The van der Waals surface area contributed by atoms with Crippen LogP contribution in [0, 0.1) is 5.82 Å². The summed E-state index contributed by atoms with van der Waals surface area (Å²) in [5.41, 5.74) is 1.72. The second kappa shape index (κ2) is 10.1. The molecular formula is C27H23Cl2FN6O3S. The topological polar surface area (TPSA) is 123 Å². The first-order chi connectivity index (χ1) is 19.4. The molecule has 0 amide bonds.